The second-order valence-electron chi connectivity index (χ2n) is 8.86. The van der Waals surface area contributed by atoms with Gasteiger partial charge in [0, 0.05) is 49.5 Å². The van der Waals surface area contributed by atoms with Crippen LogP contribution in [0.1, 0.15) is 46.6 Å². The van der Waals surface area contributed by atoms with Crippen LogP contribution in [0, 0.1) is 11.8 Å². The van der Waals surface area contributed by atoms with Crippen molar-refractivity contribution in [2.24, 2.45) is 11.8 Å². The summed E-state index contributed by atoms with van der Waals surface area (Å²) in [4.78, 5) is 0.808. The Kier molecular flexibility index (Phi) is 10.3. The fraction of sp³-hybridized carbons (Fsp3) is 0.536. The van der Waals surface area contributed by atoms with Crippen LogP contribution in [0.3, 0.4) is 0 Å². The van der Waals surface area contributed by atoms with Gasteiger partial charge in [0.05, 0.1) is 23.6 Å². The smallest absolute Gasteiger partial charge is 0.152 e. The van der Waals surface area contributed by atoms with E-state index in [2.05, 4.69) is 37.4 Å². The molecular formula is C28H41N3O3S. The topological polar surface area (TPSA) is 56.6 Å². The Morgan fingerprint density at radius 3 is 2.37 bits per heavy atom. The van der Waals surface area contributed by atoms with Crippen molar-refractivity contribution in [3.63, 3.8) is 0 Å². The van der Waals surface area contributed by atoms with Crippen LogP contribution in [0.25, 0.3) is 10.9 Å². The molecule has 192 valence electrons. The predicted molar refractivity (Wildman–Crippen MR) is 145 cm³/mol. The van der Waals surface area contributed by atoms with Crippen LogP contribution in [-0.4, -0.2) is 47.0 Å². The Balaban J connectivity index is 0.00000111. The number of hydrogen-bond donors (Lipinski definition) is 0. The number of benzene rings is 2. The van der Waals surface area contributed by atoms with Crippen molar-refractivity contribution in [1.82, 2.24) is 9.78 Å². The van der Waals surface area contributed by atoms with Crippen LogP contribution >= 0.6 is 0 Å². The van der Waals surface area contributed by atoms with E-state index in [0.717, 1.165) is 80.3 Å². The van der Waals surface area contributed by atoms with Gasteiger partial charge in [0.1, 0.15) is 0 Å². The van der Waals surface area contributed by atoms with Gasteiger partial charge < -0.3 is 9.47 Å². The molecule has 1 unspecified atom stereocenters. The predicted octanol–water partition coefficient (Wildman–Crippen LogP) is 5.86. The highest BCUT2D eigenvalue weighted by Gasteiger charge is 2.26. The maximum atomic E-state index is 13.7. The molecule has 2 saturated heterocycles. The van der Waals surface area contributed by atoms with Gasteiger partial charge in [0.15, 0.2) is 11.0 Å². The van der Waals surface area contributed by atoms with E-state index in [1.54, 1.807) is 0 Å². The number of ether oxygens (including phenoxy) is 2. The van der Waals surface area contributed by atoms with Gasteiger partial charge in [-0.05, 0) is 61.1 Å². The second-order valence-corrected chi connectivity index (χ2v) is 10.3. The molecule has 3 heterocycles. The first-order valence-electron chi connectivity index (χ1n) is 12.6. The molecule has 2 aromatic carbocycles. The van der Waals surface area contributed by atoms with E-state index in [1.807, 2.05) is 41.0 Å². The number of aromatic nitrogens is 2. The van der Waals surface area contributed by atoms with Crippen molar-refractivity contribution in [2.45, 2.75) is 58.9 Å². The molecule has 2 fully saturated rings. The molecule has 5 rings (SSSR count). The first-order chi connectivity index (χ1) is 16.7. The van der Waals surface area contributed by atoms with Gasteiger partial charge in [-0.1, -0.05) is 40.3 Å². The van der Waals surface area contributed by atoms with Gasteiger partial charge >= 0.3 is 0 Å². The summed E-state index contributed by atoms with van der Waals surface area (Å²) in [6.45, 7) is 10.9. The van der Waals surface area contributed by atoms with Crippen molar-refractivity contribution in [3.8, 4) is 0 Å². The lowest BCUT2D eigenvalue weighted by atomic mass is 10.0. The molecule has 0 amide bonds. The lowest BCUT2D eigenvalue weighted by Crippen LogP contribution is -2.40. The SMILES string of the molecule is C.CC.CCc1ccc(N(CC2COC2)S(=O)c2ccc3nn(CC4CCOCC4)cc3c2)cc1. The summed E-state index contributed by atoms with van der Waals surface area (Å²) in [7, 11) is -1.30. The van der Waals surface area contributed by atoms with Gasteiger partial charge in [-0.15, -0.1) is 0 Å². The van der Waals surface area contributed by atoms with Crippen molar-refractivity contribution in [3.05, 3.63) is 54.2 Å². The molecule has 7 heteroatoms. The Morgan fingerprint density at radius 1 is 1.03 bits per heavy atom. The minimum atomic E-state index is -1.30. The van der Waals surface area contributed by atoms with Crippen LogP contribution < -0.4 is 4.31 Å². The largest absolute Gasteiger partial charge is 0.381 e. The average Bonchev–Trinajstić information content (AvgIpc) is 3.26. The van der Waals surface area contributed by atoms with Crippen molar-refractivity contribution < 1.29 is 13.7 Å². The zero-order valence-corrected chi connectivity index (χ0v) is 21.4. The molecule has 0 aliphatic carbocycles. The minimum Gasteiger partial charge on any atom is -0.381 e. The first kappa shape index (κ1) is 27.4. The number of aryl methyl sites for hydroxylation is 1. The third-order valence-electron chi connectivity index (χ3n) is 6.47. The normalized spacial score (nSPS) is 17.1. The molecule has 0 saturated carbocycles. The molecule has 0 radical (unpaired) electrons. The van der Waals surface area contributed by atoms with E-state index >= 15 is 0 Å². The first-order valence-corrected chi connectivity index (χ1v) is 13.7. The van der Waals surface area contributed by atoms with E-state index in [9.17, 15) is 4.21 Å². The highest BCUT2D eigenvalue weighted by molar-refractivity contribution is 7.86. The number of fused-ring (bicyclic) bond motifs is 1. The fourth-order valence-electron chi connectivity index (χ4n) is 4.37. The second kappa shape index (κ2) is 13.2. The molecule has 0 spiro atoms. The van der Waals surface area contributed by atoms with E-state index in [1.165, 1.54) is 5.56 Å². The minimum absolute atomic E-state index is 0. The number of nitrogens with zero attached hydrogens (tertiary/aromatic N) is 3. The third-order valence-corrected chi connectivity index (χ3v) is 7.89. The van der Waals surface area contributed by atoms with Gasteiger partial charge in [0.2, 0.25) is 0 Å². The van der Waals surface area contributed by atoms with Gasteiger partial charge in [0.25, 0.3) is 0 Å². The maximum Gasteiger partial charge on any atom is 0.152 e. The summed E-state index contributed by atoms with van der Waals surface area (Å²) in [5, 5.41) is 5.79. The summed E-state index contributed by atoms with van der Waals surface area (Å²) < 4.78 is 28.6. The summed E-state index contributed by atoms with van der Waals surface area (Å²) in [5.74, 6) is 1.02. The quantitative estimate of drug-likeness (QED) is 0.389. The molecular weight excluding hydrogens is 458 g/mol. The Bertz CT molecular complexity index is 1070. The molecule has 35 heavy (non-hydrogen) atoms. The average molecular weight is 500 g/mol. The fourth-order valence-corrected chi connectivity index (χ4v) is 5.70. The van der Waals surface area contributed by atoms with E-state index < -0.39 is 11.0 Å². The number of hydrogen-bond acceptors (Lipinski definition) is 4. The van der Waals surface area contributed by atoms with Crippen molar-refractivity contribution >= 4 is 27.6 Å². The molecule has 3 aromatic rings. The number of anilines is 1. The summed E-state index contributed by atoms with van der Waals surface area (Å²) in [6, 6.07) is 14.4. The van der Waals surface area contributed by atoms with Crippen LogP contribution in [0.5, 0.6) is 0 Å². The molecule has 1 aromatic heterocycles. The zero-order valence-electron chi connectivity index (χ0n) is 20.6. The molecule has 6 nitrogen and oxygen atoms in total. The van der Waals surface area contributed by atoms with Gasteiger partial charge in [-0.3, -0.25) is 8.99 Å². The summed E-state index contributed by atoms with van der Waals surface area (Å²) in [6.07, 6.45) is 5.25. The molecule has 0 bridgehead atoms. The van der Waals surface area contributed by atoms with Crippen LogP contribution in [-0.2, 0) is 33.4 Å². The van der Waals surface area contributed by atoms with E-state index in [0.29, 0.717) is 11.8 Å². The van der Waals surface area contributed by atoms with E-state index in [-0.39, 0.29) is 7.43 Å². The van der Waals surface area contributed by atoms with Crippen LogP contribution in [0.15, 0.2) is 53.6 Å². The van der Waals surface area contributed by atoms with Gasteiger partial charge in [-0.25, -0.2) is 4.21 Å². The van der Waals surface area contributed by atoms with E-state index in [4.69, 9.17) is 14.6 Å². The maximum absolute atomic E-state index is 13.7. The Morgan fingerprint density at radius 2 is 1.74 bits per heavy atom. The number of rotatable bonds is 8. The van der Waals surface area contributed by atoms with Crippen molar-refractivity contribution in [1.29, 1.82) is 0 Å². The van der Waals surface area contributed by atoms with Crippen molar-refractivity contribution in [2.75, 3.05) is 37.3 Å². The van der Waals surface area contributed by atoms with Gasteiger partial charge in [-0.2, -0.15) is 5.10 Å². The molecule has 1 atom stereocenters. The highest BCUT2D eigenvalue weighted by Crippen LogP contribution is 2.27. The monoisotopic (exact) mass is 499 g/mol. The Labute approximate surface area is 213 Å². The summed E-state index contributed by atoms with van der Waals surface area (Å²) >= 11 is 0. The standard InChI is InChI=1S/C25H31N3O3S.C2H6.CH4/c1-2-19-3-5-23(6-4-19)28(15-21-17-31-18-21)32(29)24-7-8-25-22(13-24)16-27(26-25)14-20-9-11-30-12-10-20;1-2;/h3-8,13,16,20-21H,2,9-12,14-15,17-18H2,1H3;1-2H3;1H4. The molecule has 2 aliphatic heterocycles. The lowest BCUT2D eigenvalue weighted by molar-refractivity contribution is -0.0261. The zero-order chi connectivity index (χ0) is 23.9. The molecule has 2 aliphatic rings. The molecule has 0 N–H and O–H groups in total. The summed E-state index contributed by atoms with van der Waals surface area (Å²) in [5.41, 5.74) is 3.22. The Hall–Kier alpha value is -2.22. The highest BCUT2D eigenvalue weighted by atomic mass is 32.2. The third kappa shape index (κ3) is 6.72. The van der Waals surface area contributed by atoms with Crippen LogP contribution in [0.4, 0.5) is 5.69 Å². The lowest BCUT2D eigenvalue weighted by Gasteiger charge is -2.32. The van der Waals surface area contributed by atoms with Crippen LogP contribution in [0.2, 0.25) is 0 Å².